The standard InChI is InChI=1S/C24H49N3O11/c1-2-28-5-6-30-9-10-32-13-14-34-17-18-36-21-22-38-24-23-37-20-19-35-16-15-33-12-11-31-8-7-29-4-3-26-27-25/h2-24H2,1H3. The van der Waals surface area contributed by atoms with E-state index in [4.69, 9.17) is 57.6 Å². The van der Waals surface area contributed by atoms with Crippen LogP contribution in [0.3, 0.4) is 0 Å². The molecular weight excluding hydrogens is 506 g/mol. The van der Waals surface area contributed by atoms with Gasteiger partial charge in [-0.25, -0.2) is 0 Å². The zero-order valence-corrected chi connectivity index (χ0v) is 23.1. The smallest absolute Gasteiger partial charge is 0.0701 e. The molecule has 0 saturated carbocycles. The van der Waals surface area contributed by atoms with Crippen molar-refractivity contribution in [1.82, 2.24) is 0 Å². The fraction of sp³-hybridized carbons (Fsp3) is 1.00. The van der Waals surface area contributed by atoms with Crippen molar-refractivity contribution in [2.75, 3.05) is 152 Å². The fourth-order valence-electron chi connectivity index (χ4n) is 2.49. The second-order valence-electron chi connectivity index (χ2n) is 7.28. The molecule has 0 heterocycles. The van der Waals surface area contributed by atoms with Gasteiger partial charge < -0.3 is 52.1 Å². The SMILES string of the molecule is CCOCCOCCOCCOCCOCCOCCOCCOCCOCCOCCOCCN=[N+]=[N-]. The van der Waals surface area contributed by atoms with Crippen molar-refractivity contribution in [1.29, 1.82) is 0 Å². The molecule has 0 aromatic carbocycles. The number of rotatable bonds is 34. The molecule has 0 fully saturated rings. The highest BCUT2D eigenvalue weighted by Crippen LogP contribution is 1.87. The van der Waals surface area contributed by atoms with Crippen molar-refractivity contribution in [3.05, 3.63) is 10.4 Å². The first kappa shape index (κ1) is 36.9. The summed E-state index contributed by atoms with van der Waals surface area (Å²) in [7, 11) is 0. The molecule has 0 rings (SSSR count). The summed E-state index contributed by atoms with van der Waals surface area (Å²) in [6.07, 6.45) is 0. The van der Waals surface area contributed by atoms with Crippen LogP contribution in [0.15, 0.2) is 5.11 Å². The molecular formula is C24H49N3O11. The maximum absolute atomic E-state index is 8.12. The Bertz CT molecular complexity index is 490. The average Bonchev–Trinajstić information content (AvgIpc) is 2.93. The van der Waals surface area contributed by atoms with Gasteiger partial charge in [-0.05, 0) is 12.5 Å². The lowest BCUT2D eigenvalue weighted by Gasteiger charge is -2.09. The van der Waals surface area contributed by atoms with E-state index in [1.807, 2.05) is 6.92 Å². The molecule has 14 nitrogen and oxygen atoms in total. The minimum Gasteiger partial charge on any atom is -0.379 e. The molecule has 14 heteroatoms. The number of hydrogen-bond donors (Lipinski definition) is 0. The first-order valence-electron chi connectivity index (χ1n) is 13.3. The van der Waals surface area contributed by atoms with Crippen LogP contribution in [-0.4, -0.2) is 152 Å². The summed E-state index contributed by atoms with van der Waals surface area (Å²) in [5, 5.41) is 3.37. The summed E-state index contributed by atoms with van der Waals surface area (Å²) < 4.78 is 59.1. The lowest BCUT2D eigenvalue weighted by molar-refractivity contribution is -0.0273. The van der Waals surface area contributed by atoms with Crippen molar-refractivity contribution in [2.24, 2.45) is 5.11 Å². The topological polar surface area (TPSA) is 150 Å². The molecule has 0 atom stereocenters. The molecule has 38 heavy (non-hydrogen) atoms. The van der Waals surface area contributed by atoms with E-state index >= 15 is 0 Å². The molecule has 0 aromatic rings. The summed E-state index contributed by atoms with van der Waals surface area (Å²) in [5.74, 6) is 0. The molecule has 226 valence electrons. The minimum absolute atomic E-state index is 0.330. The molecule has 0 unspecified atom stereocenters. The van der Waals surface area contributed by atoms with Gasteiger partial charge in [0.1, 0.15) is 0 Å². The molecule has 0 aliphatic rings. The van der Waals surface area contributed by atoms with Gasteiger partial charge in [-0.2, -0.15) is 0 Å². The Morgan fingerprint density at radius 1 is 0.368 bits per heavy atom. The van der Waals surface area contributed by atoms with E-state index in [0.717, 1.165) is 0 Å². The second kappa shape index (κ2) is 35.9. The van der Waals surface area contributed by atoms with Crippen LogP contribution < -0.4 is 0 Å². The Kier molecular flexibility index (Phi) is 34.8. The first-order valence-corrected chi connectivity index (χ1v) is 13.3. The zero-order valence-electron chi connectivity index (χ0n) is 23.1. The minimum atomic E-state index is 0.330. The van der Waals surface area contributed by atoms with Gasteiger partial charge in [0, 0.05) is 18.1 Å². The maximum Gasteiger partial charge on any atom is 0.0701 e. The number of azide groups is 1. The molecule has 0 spiro atoms. The van der Waals surface area contributed by atoms with Gasteiger partial charge in [-0.1, -0.05) is 5.11 Å². The van der Waals surface area contributed by atoms with Crippen LogP contribution >= 0.6 is 0 Å². The third-order valence-electron chi connectivity index (χ3n) is 4.32. The maximum atomic E-state index is 8.12. The highest BCUT2D eigenvalue weighted by atomic mass is 16.6. The third-order valence-corrected chi connectivity index (χ3v) is 4.32. The Morgan fingerprint density at radius 2 is 0.579 bits per heavy atom. The summed E-state index contributed by atoms with van der Waals surface area (Å²) in [6.45, 7) is 13.8. The highest BCUT2D eigenvalue weighted by molar-refractivity contribution is 4.44. The molecule has 0 aliphatic heterocycles. The van der Waals surface area contributed by atoms with E-state index in [1.165, 1.54) is 0 Å². The second-order valence-corrected chi connectivity index (χ2v) is 7.28. The lowest BCUT2D eigenvalue weighted by atomic mass is 10.6. The van der Waals surface area contributed by atoms with Gasteiger partial charge in [0.05, 0.1) is 139 Å². The lowest BCUT2D eigenvalue weighted by Crippen LogP contribution is -2.15. The van der Waals surface area contributed by atoms with Crippen LogP contribution in [0.2, 0.25) is 0 Å². The van der Waals surface area contributed by atoms with E-state index in [0.29, 0.717) is 152 Å². The fourth-order valence-corrected chi connectivity index (χ4v) is 2.49. The van der Waals surface area contributed by atoms with E-state index in [-0.39, 0.29) is 0 Å². The summed E-state index contributed by atoms with van der Waals surface area (Å²) in [6, 6.07) is 0. The van der Waals surface area contributed by atoms with E-state index in [1.54, 1.807) is 0 Å². The molecule has 0 aliphatic carbocycles. The molecule has 0 amide bonds. The Labute approximate surface area is 227 Å². The van der Waals surface area contributed by atoms with Gasteiger partial charge in [-0.15, -0.1) is 0 Å². The van der Waals surface area contributed by atoms with E-state index < -0.39 is 0 Å². The van der Waals surface area contributed by atoms with Crippen LogP contribution in [-0.2, 0) is 52.1 Å². The Morgan fingerprint density at radius 3 is 0.789 bits per heavy atom. The monoisotopic (exact) mass is 555 g/mol. The quantitative estimate of drug-likeness (QED) is 0.0492. The zero-order chi connectivity index (χ0) is 27.5. The Balaban J connectivity index is 3.02. The van der Waals surface area contributed by atoms with Crippen LogP contribution in [0, 0.1) is 0 Å². The van der Waals surface area contributed by atoms with Crippen molar-refractivity contribution >= 4 is 0 Å². The Hall–Kier alpha value is -1.13. The average molecular weight is 556 g/mol. The molecule has 0 bridgehead atoms. The largest absolute Gasteiger partial charge is 0.379 e. The first-order chi connectivity index (χ1) is 18.9. The van der Waals surface area contributed by atoms with Crippen molar-refractivity contribution in [3.8, 4) is 0 Å². The molecule has 0 aromatic heterocycles. The predicted molar refractivity (Wildman–Crippen MR) is 139 cm³/mol. The number of ether oxygens (including phenoxy) is 11. The van der Waals surface area contributed by atoms with E-state index in [9.17, 15) is 0 Å². The normalized spacial score (nSPS) is 11.2. The molecule has 0 saturated heterocycles. The van der Waals surface area contributed by atoms with Crippen LogP contribution in [0.25, 0.3) is 10.4 Å². The van der Waals surface area contributed by atoms with Gasteiger partial charge in [-0.3, -0.25) is 0 Å². The molecule has 0 N–H and O–H groups in total. The van der Waals surface area contributed by atoms with Crippen molar-refractivity contribution in [3.63, 3.8) is 0 Å². The predicted octanol–water partition coefficient (Wildman–Crippen LogP) is 1.50. The van der Waals surface area contributed by atoms with Crippen LogP contribution in [0.4, 0.5) is 0 Å². The van der Waals surface area contributed by atoms with Gasteiger partial charge in [0.2, 0.25) is 0 Å². The van der Waals surface area contributed by atoms with Gasteiger partial charge >= 0.3 is 0 Å². The van der Waals surface area contributed by atoms with E-state index in [2.05, 4.69) is 10.0 Å². The van der Waals surface area contributed by atoms with Gasteiger partial charge in [0.15, 0.2) is 0 Å². The summed E-state index contributed by atoms with van der Waals surface area (Å²) >= 11 is 0. The number of nitrogens with zero attached hydrogens (tertiary/aromatic N) is 3. The van der Waals surface area contributed by atoms with Crippen molar-refractivity contribution < 1.29 is 52.1 Å². The molecule has 0 radical (unpaired) electrons. The summed E-state index contributed by atoms with van der Waals surface area (Å²) in [5.41, 5.74) is 8.12. The van der Waals surface area contributed by atoms with Crippen LogP contribution in [0.5, 0.6) is 0 Å². The van der Waals surface area contributed by atoms with Crippen molar-refractivity contribution in [2.45, 2.75) is 6.92 Å². The van der Waals surface area contributed by atoms with Crippen LogP contribution in [0.1, 0.15) is 6.92 Å². The number of hydrogen-bond acceptors (Lipinski definition) is 12. The highest BCUT2D eigenvalue weighted by Gasteiger charge is 1.96. The van der Waals surface area contributed by atoms with Gasteiger partial charge in [0.25, 0.3) is 0 Å². The summed E-state index contributed by atoms with van der Waals surface area (Å²) in [4.78, 5) is 2.64. The third kappa shape index (κ3) is 34.9.